The first kappa shape index (κ1) is 25.4. The molecule has 2 heterocycles. The van der Waals surface area contributed by atoms with Gasteiger partial charge in [-0.05, 0) is 42.3 Å². The first-order valence-electron chi connectivity index (χ1n) is 10.2. The number of alkyl halides is 3. The molecule has 1 aliphatic heterocycles. The third-order valence-corrected chi connectivity index (χ3v) is 5.07. The molecule has 12 heteroatoms. The summed E-state index contributed by atoms with van der Waals surface area (Å²) in [4.78, 5) is 21.7. The summed E-state index contributed by atoms with van der Waals surface area (Å²) in [7, 11) is 3.22. The van der Waals surface area contributed by atoms with Gasteiger partial charge in [-0.2, -0.15) is 18.3 Å². The smallest absolute Gasteiger partial charge is 0.490 e. The topological polar surface area (TPSA) is 123 Å². The van der Waals surface area contributed by atoms with Crippen LogP contribution in [0.4, 0.5) is 18.9 Å². The lowest BCUT2D eigenvalue weighted by atomic mass is 9.95. The van der Waals surface area contributed by atoms with Gasteiger partial charge in [-0.15, -0.1) is 0 Å². The minimum Gasteiger partial charge on any atom is -0.497 e. The van der Waals surface area contributed by atoms with E-state index in [1.165, 1.54) is 0 Å². The van der Waals surface area contributed by atoms with Crippen LogP contribution in [0.1, 0.15) is 5.56 Å². The lowest BCUT2D eigenvalue weighted by Crippen LogP contribution is -2.32. The molecule has 2 aromatic carbocycles. The van der Waals surface area contributed by atoms with Crippen LogP contribution in [0.25, 0.3) is 11.1 Å². The number of H-pyrrole nitrogens is 1. The summed E-state index contributed by atoms with van der Waals surface area (Å²) >= 11 is 0. The number of nitrogens with zero attached hydrogens (tertiary/aromatic N) is 1. The van der Waals surface area contributed by atoms with Crippen LogP contribution in [-0.4, -0.2) is 54.2 Å². The number of carbonyl (C=O) groups is 2. The summed E-state index contributed by atoms with van der Waals surface area (Å²) in [6.45, 7) is 0.343. The van der Waals surface area contributed by atoms with Gasteiger partial charge < -0.3 is 24.6 Å². The van der Waals surface area contributed by atoms with E-state index in [1.807, 2.05) is 30.3 Å². The Balaban J connectivity index is 0.000000429. The van der Waals surface area contributed by atoms with Crippen molar-refractivity contribution in [1.29, 1.82) is 0 Å². The van der Waals surface area contributed by atoms with Crippen molar-refractivity contribution >= 4 is 17.6 Å². The fraction of sp³-hybridized carbons (Fsp3) is 0.261. The van der Waals surface area contributed by atoms with E-state index < -0.39 is 12.1 Å². The van der Waals surface area contributed by atoms with Gasteiger partial charge in [0.25, 0.3) is 0 Å². The standard InChI is InChI=1S/C21H21N3O4.C2HF3O2/c1-26-17-4-6-19-13(8-17)7-14(12-28-19)21(25)24-16-3-5-18(20(9-16)27-2)15-10-22-23-11-15;3-2(4,5)1(6)7/h3-6,8-11,14H,7,12H2,1-2H3,(H,22,23)(H,24,25);(H,6,7). The average molecular weight is 493 g/mol. The molecule has 9 nitrogen and oxygen atoms in total. The van der Waals surface area contributed by atoms with Crippen LogP contribution < -0.4 is 19.5 Å². The molecule has 3 aromatic rings. The van der Waals surface area contributed by atoms with Gasteiger partial charge in [-0.3, -0.25) is 9.89 Å². The second-order valence-electron chi connectivity index (χ2n) is 7.38. The van der Waals surface area contributed by atoms with Gasteiger partial charge in [0.15, 0.2) is 0 Å². The van der Waals surface area contributed by atoms with Crippen LogP contribution in [0, 0.1) is 5.92 Å². The Kier molecular flexibility index (Phi) is 7.84. The molecule has 186 valence electrons. The van der Waals surface area contributed by atoms with Crippen molar-refractivity contribution < 1.29 is 42.1 Å². The molecule has 0 saturated heterocycles. The Morgan fingerprint density at radius 2 is 1.91 bits per heavy atom. The molecule has 0 saturated carbocycles. The molecule has 0 spiro atoms. The maximum absolute atomic E-state index is 12.8. The minimum absolute atomic E-state index is 0.0911. The molecule has 0 bridgehead atoms. The fourth-order valence-electron chi connectivity index (χ4n) is 3.32. The number of carboxylic acids is 1. The van der Waals surface area contributed by atoms with E-state index in [-0.39, 0.29) is 11.8 Å². The van der Waals surface area contributed by atoms with E-state index in [2.05, 4.69) is 15.5 Å². The van der Waals surface area contributed by atoms with E-state index in [4.69, 9.17) is 24.1 Å². The number of halogens is 3. The first-order valence-corrected chi connectivity index (χ1v) is 10.2. The largest absolute Gasteiger partial charge is 0.497 e. The zero-order valence-electron chi connectivity index (χ0n) is 18.7. The van der Waals surface area contributed by atoms with Crippen molar-refractivity contribution in [3.05, 3.63) is 54.4 Å². The molecular formula is C23H22F3N3O6. The lowest BCUT2D eigenvalue weighted by molar-refractivity contribution is -0.192. The summed E-state index contributed by atoms with van der Waals surface area (Å²) in [6, 6.07) is 11.2. The number of hydrogen-bond donors (Lipinski definition) is 3. The van der Waals surface area contributed by atoms with Crippen molar-refractivity contribution in [2.75, 3.05) is 26.1 Å². The zero-order chi connectivity index (χ0) is 25.6. The van der Waals surface area contributed by atoms with Crippen LogP contribution >= 0.6 is 0 Å². The normalized spacial score (nSPS) is 14.5. The summed E-state index contributed by atoms with van der Waals surface area (Å²) in [5.74, 6) is -0.911. The number of aliphatic carboxylic acids is 1. The minimum atomic E-state index is -5.08. The Hall–Kier alpha value is -4.22. The lowest BCUT2D eigenvalue weighted by Gasteiger charge is -2.25. The molecule has 0 radical (unpaired) electrons. The van der Waals surface area contributed by atoms with E-state index in [0.29, 0.717) is 24.5 Å². The number of carboxylic acid groups (broad SMARTS) is 1. The summed E-state index contributed by atoms with van der Waals surface area (Å²) in [6.07, 6.45) is -0.967. The number of hydrogen-bond acceptors (Lipinski definition) is 6. The van der Waals surface area contributed by atoms with Gasteiger partial charge in [-0.1, -0.05) is 0 Å². The number of amides is 1. The van der Waals surface area contributed by atoms with Gasteiger partial charge in [0.1, 0.15) is 23.9 Å². The van der Waals surface area contributed by atoms with E-state index in [9.17, 15) is 18.0 Å². The number of rotatable bonds is 5. The number of aromatic nitrogens is 2. The number of nitrogens with one attached hydrogen (secondary N) is 2. The number of ether oxygens (including phenoxy) is 3. The molecule has 3 N–H and O–H groups in total. The highest BCUT2D eigenvalue weighted by Gasteiger charge is 2.38. The Bertz CT molecular complexity index is 1180. The molecule has 4 rings (SSSR count). The summed E-state index contributed by atoms with van der Waals surface area (Å²) in [5, 5.41) is 16.8. The van der Waals surface area contributed by atoms with E-state index in [0.717, 1.165) is 28.2 Å². The van der Waals surface area contributed by atoms with Crippen LogP contribution in [-0.2, 0) is 16.0 Å². The van der Waals surface area contributed by atoms with Crippen LogP contribution in [0.2, 0.25) is 0 Å². The van der Waals surface area contributed by atoms with Gasteiger partial charge >= 0.3 is 12.1 Å². The molecule has 35 heavy (non-hydrogen) atoms. The van der Waals surface area contributed by atoms with Crippen molar-refractivity contribution in [3.8, 4) is 28.4 Å². The number of anilines is 1. The highest BCUT2D eigenvalue weighted by molar-refractivity contribution is 5.93. The number of aromatic amines is 1. The molecule has 0 fully saturated rings. The molecule has 1 amide bonds. The van der Waals surface area contributed by atoms with Crippen LogP contribution in [0.3, 0.4) is 0 Å². The fourth-order valence-corrected chi connectivity index (χ4v) is 3.32. The van der Waals surface area contributed by atoms with Gasteiger partial charge in [0.05, 0.1) is 26.3 Å². The summed E-state index contributed by atoms with van der Waals surface area (Å²) < 4.78 is 48.2. The number of fused-ring (bicyclic) bond motifs is 1. The highest BCUT2D eigenvalue weighted by Crippen LogP contribution is 2.33. The van der Waals surface area contributed by atoms with Gasteiger partial charge in [-0.25, -0.2) is 4.79 Å². The van der Waals surface area contributed by atoms with Crippen molar-refractivity contribution in [3.63, 3.8) is 0 Å². The van der Waals surface area contributed by atoms with Crippen LogP contribution in [0.5, 0.6) is 17.2 Å². The molecule has 1 atom stereocenters. The summed E-state index contributed by atoms with van der Waals surface area (Å²) in [5.41, 5.74) is 3.46. The monoisotopic (exact) mass is 493 g/mol. The van der Waals surface area contributed by atoms with Gasteiger partial charge in [0.2, 0.25) is 5.91 Å². The molecule has 1 aliphatic rings. The maximum atomic E-state index is 12.8. The Morgan fingerprint density at radius 1 is 1.17 bits per heavy atom. The third-order valence-electron chi connectivity index (χ3n) is 5.07. The van der Waals surface area contributed by atoms with Gasteiger partial charge in [0, 0.05) is 29.1 Å². The van der Waals surface area contributed by atoms with Crippen LogP contribution in [0.15, 0.2) is 48.8 Å². The van der Waals surface area contributed by atoms with E-state index >= 15 is 0 Å². The SMILES string of the molecule is COc1ccc2c(c1)CC(C(=O)Nc1ccc(-c3cn[nH]c3)c(OC)c1)CO2.O=C(O)C(F)(F)F. The molecular weight excluding hydrogens is 471 g/mol. The highest BCUT2D eigenvalue weighted by atomic mass is 19.4. The predicted molar refractivity (Wildman–Crippen MR) is 119 cm³/mol. The zero-order valence-corrected chi connectivity index (χ0v) is 18.7. The Labute approximate surface area is 197 Å². The second-order valence-corrected chi connectivity index (χ2v) is 7.38. The number of methoxy groups -OCH3 is 2. The molecule has 1 aromatic heterocycles. The molecule has 1 unspecified atom stereocenters. The number of benzene rings is 2. The van der Waals surface area contributed by atoms with Crippen molar-refractivity contribution in [2.45, 2.75) is 12.6 Å². The molecule has 0 aliphatic carbocycles. The Morgan fingerprint density at radius 3 is 2.51 bits per heavy atom. The maximum Gasteiger partial charge on any atom is 0.490 e. The third kappa shape index (κ3) is 6.43. The van der Waals surface area contributed by atoms with Crippen molar-refractivity contribution in [2.24, 2.45) is 5.92 Å². The van der Waals surface area contributed by atoms with Crippen molar-refractivity contribution in [1.82, 2.24) is 10.2 Å². The van der Waals surface area contributed by atoms with E-state index in [1.54, 1.807) is 32.7 Å². The quantitative estimate of drug-likeness (QED) is 0.492. The second kappa shape index (κ2) is 10.8. The first-order chi connectivity index (χ1) is 16.6. The predicted octanol–water partition coefficient (Wildman–Crippen LogP) is 3.92. The average Bonchev–Trinajstić information content (AvgIpc) is 3.37. The number of carbonyl (C=O) groups excluding carboxylic acids is 1.